The molecule has 16 heavy (non-hydrogen) atoms. The van der Waals surface area contributed by atoms with E-state index in [0.717, 1.165) is 0 Å². The van der Waals surface area contributed by atoms with Crippen LogP contribution in [-0.4, -0.2) is 20.0 Å². The van der Waals surface area contributed by atoms with Crippen molar-refractivity contribution in [3.05, 3.63) is 33.8 Å². The lowest BCUT2D eigenvalue weighted by molar-refractivity contribution is 0.698. The highest BCUT2D eigenvalue weighted by atomic mass is 79.9. The van der Waals surface area contributed by atoms with Gasteiger partial charge in [-0.2, -0.15) is 5.10 Å². The monoisotopic (exact) mass is 301 g/mol. The summed E-state index contributed by atoms with van der Waals surface area (Å²) in [5.74, 6) is 0. The minimum atomic E-state index is -0.238. The van der Waals surface area contributed by atoms with Crippen LogP contribution in [0.4, 0.5) is 0 Å². The van der Waals surface area contributed by atoms with Gasteiger partial charge in [0.1, 0.15) is 10.3 Å². The van der Waals surface area contributed by atoms with E-state index in [-0.39, 0.29) is 6.04 Å². The third-order valence-corrected chi connectivity index (χ3v) is 2.67. The molecule has 0 fully saturated rings. The van der Waals surface area contributed by atoms with Crippen LogP contribution in [0.15, 0.2) is 23.1 Å². The van der Waals surface area contributed by atoms with Gasteiger partial charge in [-0.15, -0.1) is 9.90 Å². The summed E-state index contributed by atoms with van der Waals surface area (Å²) in [6.07, 6.45) is 3.19. The van der Waals surface area contributed by atoms with Gasteiger partial charge in [0.05, 0.1) is 16.9 Å². The minimum absolute atomic E-state index is 0.238. The summed E-state index contributed by atoms with van der Waals surface area (Å²) in [4.78, 5) is 5.61. The fourth-order valence-electron chi connectivity index (χ4n) is 1.33. The number of halogens is 2. The van der Waals surface area contributed by atoms with E-state index < -0.39 is 0 Å². The van der Waals surface area contributed by atoms with Crippen molar-refractivity contribution in [3.63, 3.8) is 0 Å². The van der Waals surface area contributed by atoms with Gasteiger partial charge in [-0.1, -0.05) is 11.6 Å². The zero-order valence-corrected chi connectivity index (χ0v) is 10.8. The van der Waals surface area contributed by atoms with Gasteiger partial charge in [0.25, 0.3) is 0 Å². The maximum Gasteiger partial charge on any atom is 0.148 e. The Morgan fingerprint density at radius 3 is 2.88 bits per heavy atom. The van der Waals surface area contributed by atoms with Crippen molar-refractivity contribution in [2.24, 2.45) is 5.73 Å². The van der Waals surface area contributed by atoms with Gasteiger partial charge in [-0.25, -0.2) is 0 Å². The van der Waals surface area contributed by atoms with Crippen LogP contribution < -0.4 is 5.73 Å². The van der Waals surface area contributed by atoms with Crippen molar-refractivity contribution in [2.75, 3.05) is 0 Å². The van der Waals surface area contributed by atoms with E-state index in [1.165, 1.54) is 4.80 Å². The maximum absolute atomic E-state index is 6.11. The second kappa shape index (κ2) is 4.48. The van der Waals surface area contributed by atoms with Crippen molar-refractivity contribution in [2.45, 2.75) is 13.0 Å². The normalized spacial score (nSPS) is 12.8. The molecule has 2 heterocycles. The van der Waals surface area contributed by atoms with Crippen LogP contribution >= 0.6 is 27.5 Å². The number of rotatable bonds is 2. The Labute approximate surface area is 106 Å². The summed E-state index contributed by atoms with van der Waals surface area (Å²) in [6.45, 7) is 1.83. The highest BCUT2D eigenvalue weighted by Crippen LogP contribution is 2.25. The molecular formula is C9H9BrClN5. The van der Waals surface area contributed by atoms with Gasteiger partial charge in [-0.05, 0) is 28.9 Å². The predicted octanol–water partition coefficient (Wildman–Crippen LogP) is 2.10. The highest BCUT2D eigenvalue weighted by molar-refractivity contribution is 9.10. The molecule has 0 aliphatic carbocycles. The Morgan fingerprint density at radius 2 is 2.31 bits per heavy atom. The van der Waals surface area contributed by atoms with E-state index in [2.05, 4.69) is 31.1 Å². The second-order valence-corrected chi connectivity index (χ2v) is 4.49. The first-order valence-electron chi connectivity index (χ1n) is 4.58. The molecular weight excluding hydrogens is 293 g/mol. The number of pyridine rings is 1. The van der Waals surface area contributed by atoms with E-state index in [9.17, 15) is 0 Å². The zero-order valence-electron chi connectivity index (χ0n) is 8.43. The van der Waals surface area contributed by atoms with Crippen LogP contribution in [-0.2, 0) is 0 Å². The fraction of sp³-hybridized carbons (Fsp3) is 0.222. The van der Waals surface area contributed by atoms with Gasteiger partial charge >= 0.3 is 0 Å². The predicted molar refractivity (Wildman–Crippen MR) is 64.5 cm³/mol. The summed E-state index contributed by atoms with van der Waals surface area (Å²) >= 11 is 9.33. The molecule has 5 nitrogen and oxygen atoms in total. The van der Waals surface area contributed by atoms with Crippen LogP contribution in [0.3, 0.4) is 0 Å². The molecule has 84 valence electrons. The molecule has 1 unspecified atom stereocenters. The smallest absolute Gasteiger partial charge is 0.148 e. The molecule has 2 N–H and O–H groups in total. The fourth-order valence-corrected chi connectivity index (χ4v) is 1.80. The van der Waals surface area contributed by atoms with Gasteiger partial charge in [0.15, 0.2) is 0 Å². The molecule has 0 spiro atoms. The van der Waals surface area contributed by atoms with Crippen LogP contribution in [0, 0.1) is 0 Å². The second-order valence-electron chi connectivity index (χ2n) is 3.27. The van der Waals surface area contributed by atoms with E-state index in [0.29, 0.717) is 21.0 Å². The van der Waals surface area contributed by atoms with Gasteiger partial charge < -0.3 is 5.73 Å². The van der Waals surface area contributed by atoms with E-state index in [1.54, 1.807) is 18.5 Å². The summed E-state index contributed by atoms with van der Waals surface area (Å²) < 4.78 is 0.628. The number of nitrogens with zero attached hydrogens (tertiary/aromatic N) is 4. The number of aromatic nitrogens is 4. The van der Waals surface area contributed by atoms with Crippen LogP contribution in [0.2, 0.25) is 5.02 Å². The molecule has 7 heteroatoms. The van der Waals surface area contributed by atoms with E-state index >= 15 is 0 Å². The first-order chi connectivity index (χ1) is 7.59. The Hall–Kier alpha value is -0.980. The van der Waals surface area contributed by atoms with Crippen LogP contribution in [0.5, 0.6) is 0 Å². The number of hydrogen-bond donors (Lipinski definition) is 1. The Bertz CT molecular complexity index is 510. The number of nitrogens with two attached hydrogens (primary N) is 1. The summed E-state index contributed by atoms with van der Waals surface area (Å²) in [7, 11) is 0. The van der Waals surface area contributed by atoms with Crippen molar-refractivity contribution in [1.29, 1.82) is 0 Å². The molecule has 0 saturated heterocycles. The first kappa shape index (κ1) is 11.5. The molecule has 0 bridgehead atoms. The zero-order chi connectivity index (χ0) is 11.7. The average Bonchev–Trinajstić information content (AvgIpc) is 2.64. The molecule has 2 rings (SSSR count). The molecule has 2 aromatic heterocycles. The lowest BCUT2D eigenvalue weighted by atomic mass is 10.2. The standard InChI is InChI=1S/C9H9BrClN5/c1-5(12)8-9(6(11)2-3-13-8)16-14-4-7(10)15-16/h2-5H,12H2,1H3. The topological polar surface area (TPSA) is 69.6 Å². The summed E-state index contributed by atoms with van der Waals surface area (Å²) in [6, 6.07) is 1.44. The third kappa shape index (κ3) is 2.09. The maximum atomic E-state index is 6.11. The Balaban J connectivity index is 2.62. The highest BCUT2D eigenvalue weighted by Gasteiger charge is 2.15. The van der Waals surface area contributed by atoms with Gasteiger partial charge in [-0.3, -0.25) is 4.98 Å². The largest absolute Gasteiger partial charge is 0.323 e. The SMILES string of the molecule is CC(N)c1nccc(Cl)c1-n1ncc(Br)n1. The van der Waals surface area contributed by atoms with Crippen molar-refractivity contribution in [3.8, 4) is 5.69 Å². The summed E-state index contributed by atoms with van der Waals surface area (Å²) in [5.41, 5.74) is 7.10. The van der Waals surface area contributed by atoms with E-state index in [4.69, 9.17) is 17.3 Å². The quantitative estimate of drug-likeness (QED) is 0.922. The molecule has 0 aliphatic rings. The molecule has 0 aliphatic heterocycles. The molecule has 0 amide bonds. The van der Waals surface area contributed by atoms with Crippen LogP contribution in [0.25, 0.3) is 5.69 Å². The van der Waals surface area contributed by atoms with Gasteiger partial charge in [0, 0.05) is 12.2 Å². The van der Waals surface area contributed by atoms with Crippen molar-refractivity contribution in [1.82, 2.24) is 20.0 Å². The van der Waals surface area contributed by atoms with Crippen molar-refractivity contribution < 1.29 is 0 Å². The number of hydrogen-bond acceptors (Lipinski definition) is 4. The molecule has 2 aromatic rings. The first-order valence-corrected chi connectivity index (χ1v) is 5.75. The molecule has 1 atom stereocenters. The lowest BCUT2D eigenvalue weighted by Crippen LogP contribution is -2.13. The minimum Gasteiger partial charge on any atom is -0.323 e. The molecule has 0 saturated carbocycles. The van der Waals surface area contributed by atoms with Crippen LogP contribution in [0.1, 0.15) is 18.7 Å². The summed E-state index contributed by atoms with van der Waals surface area (Å²) in [5, 5.41) is 8.71. The van der Waals surface area contributed by atoms with Crippen molar-refractivity contribution >= 4 is 27.5 Å². The third-order valence-electron chi connectivity index (χ3n) is 2.00. The lowest BCUT2D eigenvalue weighted by Gasteiger charge is -2.11. The van der Waals surface area contributed by atoms with E-state index in [1.807, 2.05) is 6.92 Å². The molecule has 0 radical (unpaired) electrons. The average molecular weight is 303 g/mol. The Kier molecular flexibility index (Phi) is 3.22. The van der Waals surface area contributed by atoms with Gasteiger partial charge in [0.2, 0.25) is 0 Å². The molecule has 0 aromatic carbocycles. The Morgan fingerprint density at radius 1 is 1.56 bits per heavy atom.